The molecule has 1 amide bonds. The Bertz CT molecular complexity index is 1330. The highest BCUT2D eigenvalue weighted by Crippen LogP contribution is 2.35. The average molecular weight is 525 g/mol. The number of amides is 1. The second-order valence-electron chi connectivity index (χ2n) is 8.58. The minimum atomic E-state index is -1.18. The second kappa shape index (κ2) is 12.5. The lowest BCUT2D eigenvalue weighted by Crippen LogP contribution is -2.17. The van der Waals surface area contributed by atoms with Gasteiger partial charge < -0.3 is 36.1 Å². The number of anilines is 2. The Morgan fingerprint density at radius 1 is 1.11 bits per heavy atom. The number of nitrogens with two attached hydrogens (primary N) is 1. The van der Waals surface area contributed by atoms with E-state index in [0.717, 1.165) is 6.07 Å². The number of rotatable bonds is 12. The fourth-order valence-corrected chi connectivity index (χ4v) is 3.57. The van der Waals surface area contributed by atoms with Gasteiger partial charge in [0, 0.05) is 29.0 Å². The molecule has 10 nitrogen and oxygen atoms in total. The number of carboxylic acids is 1. The maximum atomic E-state index is 14.1. The van der Waals surface area contributed by atoms with Gasteiger partial charge in [-0.1, -0.05) is 0 Å². The summed E-state index contributed by atoms with van der Waals surface area (Å²) < 4.78 is 25.4. The molecular weight excluding hydrogens is 495 g/mol. The predicted molar refractivity (Wildman–Crippen MR) is 140 cm³/mol. The summed E-state index contributed by atoms with van der Waals surface area (Å²) in [6.07, 6.45) is -0.256. The van der Waals surface area contributed by atoms with Crippen LogP contribution in [0.3, 0.4) is 0 Å². The van der Waals surface area contributed by atoms with Crippen LogP contribution in [0.1, 0.15) is 40.9 Å². The van der Waals surface area contributed by atoms with E-state index in [0.29, 0.717) is 28.1 Å². The van der Waals surface area contributed by atoms with E-state index in [2.05, 4.69) is 10.6 Å². The summed E-state index contributed by atoms with van der Waals surface area (Å²) in [6.45, 7) is 2.71. The molecule has 3 rings (SSSR count). The van der Waals surface area contributed by atoms with Gasteiger partial charge in [-0.2, -0.15) is 0 Å². The van der Waals surface area contributed by atoms with Crippen LogP contribution >= 0.6 is 0 Å². The first-order chi connectivity index (χ1) is 18.1. The second-order valence-corrected chi connectivity index (χ2v) is 8.58. The van der Waals surface area contributed by atoms with E-state index in [9.17, 15) is 19.1 Å². The van der Waals surface area contributed by atoms with Gasteiger partial charge in [0.15, 0.2) is 18.1 Å². The number of aliphatic carboxylic acids is 1. The van der Waals surface area contributed by atoms with Crippen molar-refractivity contribution in [1.82, 2.24) is 0 Å². The lowest BCUT2D eigenvalue weighted by molar-refractivity contribution is -0.139. The molecule has 3 aromatic rings. The molecule has 0 fully saturated rings. The molecule has 0 aliphatic carbocycles. The van der Waals surface area contributed by atoms with Gasteiger partial charge in [-0.3, -0.25) is 10.2 Å². The Morgan fingerprint density at radius 2 is 1.82 bits per heavy atom. The van der Waals surface area contributed by atoms with Crippen molar-refractivity contribution < 1.29 is 33.7 Å². The third kappa shape index (κ3) is 7.43. The number of nitrogens with one attached hydrogen (secondary N) is 3. The zero-order valence-electron chi connectivity index (χ0n) is 20.9. The number of ether oxygens (including phenoxy) is 2. The van der Waals surface area contributed by atoms with Gasteiger partial charge in [0.1, 0.15) is 11.7 Å². The summed E-state index contributed by atoms with van der Waals surface area (Å²) in [5, 5.41) is 32.1. The highest BCUT2D eigenvalue weighted by molar-refractivity contribution is 6.08. The number of hydrogen-bond donors (Lipinski definition) is 6. The molecule has 0 unspecified atom stereocenters. The van der Waals surface area contributed by atoms with Crippen LogP contribution in [0.2, 0.25) is 0 Å². The SMILES string of the molecule is CC(C)Oc1cc(CO)cc(CNc2ccc(F)cc2C(=O)Nc2ccc(C(=N)N)cc2)c1OCC(=O)O. The molecule has 11 heteroatoms. The Morgan fingerprint density at radius 3 is 2.42 bits per heavy atom. The third-order valence-electron chi connectivity index (χ3n) is 5.23. The monoisotopic (exact) mass is 524 g/mol. The predicted octanol–water partition coefficient (Wildman–Crippen LogP) is 3.72. The van der Waals surface area contributed by atoms with E-state index in [4.69, 9.17) is 25.7 Å². The van der Waals surface area contributed by atoms with Crippen LogP contribution in [0.25, 0.3) is 0 Å². The first-order valence-corrected chi connectivity index (χ1v) is 11.6. The molecule has 3 aromatic carbocycles. The molecule has 0 aromatic heterocycles. The van der Waals surface area contributed by atoms with E-state index in [1.54, 1.807) is 50.2 Å². The number of benzene rings is 3. The van der Waals surface area contributed by atoms with Crippen molar-refractivity contribution >= 4 is 29.1 Å². The first-order valence-electron chi connectivity index (χ1n) is 11.6. The van der Waals surface area contributed by atoms with Crippen molar-refractivity contribution in [1.29, 1.82) is 5.41 Å². The summed E-state index contributed by atoms with van der Waals surface area (Å²) in [5.41, 5.74) is 7.65. The van der Waals surface area contributed by atoms with Gasteiger partial charge in [0.2, 0.25) is 0 Å². The van der Waals surface area contributed by atoms with E-state index in [1.807, 2.05) is 0 Å². The molecule has 0 atom stereocenters. The summed E-state index contributed by atoms with van der Waals surface area (Å²) in [5.74, 6) is -2.07. The molecule has 0 aliphatic rings. The van der Waals surface area contributed by atoms with Gasteiger partial charge >= 0.3 is 5.97 Å². The number of halogens is 1. The van der Waals surface area contributed by atoms with Crippen molar-refractivity contribution in [2.45, 2.75) is 33.1 Å². The van der Waals surface area contributed by atoms with Crippen LogP contribution in [0.5, 0.6) is 11.5 Å². The Hall–Kier alpha value is -4.64. The number of aliphatic hydroxyl groups excluding tert-OH is 1. The topological polar surface area (TPSA) is 167 Å². The molecule has 7 N–H and O–H groups in total. The van der Waals surface area contributed by atoms with Crippen molar-refractivity contribution in [2.24, 2.45) is 5.73 Å². The van der Waals surface area contributed by atoms with E-state index < -0.39 is 24.3 Å². The quantitative estimate of drug-likeness (QED) is 0.154. The normalized spacial score (nSPS) is 10.7. The van der Waals surface area contributed by atoms with Gasteiger partial charge in [-0.05, 0) is 74.0 Å². The van der Waals surface area contributed by atoms with Crippen LogP contribution in [0.15, 0.2) is 54.6 Å². The number of amidine groups is 1. The van der Waals surface area contributed by atoms with Crippen molar-refractivity contribution in [3.05, 3.63) is 82.7 Å². The van der Waals surface area contributed by atoms with Gasteiger partial charge in [-0.25, -0.2) is 9.18 Å². The Balaban J connectivity index is 1.90. The minimum Gasteiger partial charge on any atom is -0.487 e. The highest BCUT2D eigenvalue weighted by atomic mass is 19.1. The number of nitrogen functional groups attached to an aromatic ring is 1. The maximum Gasteiger partial charge on any atom is 0.341 e. The summed E-state index contributed by atoms with van der Waals surface area (Å²) in [7, 11) is 0. The minimum absolute atomic E-state index is 0.0191. The third-order valence-corrected chi connectivity index (χ3v) is 5.23. The first kappa shape index (κ1) is 27.9. The van der Waals surface area contributed by atoms with Crippen molar-refractivity contribution in [3.63, 3.8) is 0 Å². The molecule has 0 heterocycles. The van der Waals surface area contributed by atoms with E-state index >= 15 is 0 Å². The van der Waals surface area contributed by atoms with Crippen LogP contribution in [-0.4, -0.2) is 40.6 Å². The number of carbonyl (C=O) groups excluding carboxylic acids is 1. The van der Waals surface area contributed by atoms with Crippen molar-refractivity contribution in [2.75, 3.05) is 17.2 Å². The lowest BCUT2D eigenvalue weighted by Gasteiger charge is -2.20. The van der Waals surface area contributed by atoms with Crippen LogP contribution in [0, 0.1) is 11.2 Å². The zero-order chi connectivity index (χ0) is 27.8. The van der Waals surface area contributed by atoms with Gasteiger partial charge in [0.25, 0.3) is 5.91 Å². The molecule has 0 saturated carbocycles. The van der Waals surface area contributed by atoms with Crippen molar-refractivity contribution in [3.8, 4) is 11.5 Å². The molecule has 0 bridgehead atoms. The Labute approximate surface area is 218 Å². The maximum absolute atomic E-state index is 14.1. The Kier molecular flexibility index (Phi) is 9.23. The smallest absolute Gasteiger partial charge is 0.341 e. The number of carboxylic acid groups (broad SMARTS) is 1. The van der Waals surface area contributed by atoms with Crippen LogP contribution in [0.4, 0.5) is 15.8 Å². The molecular formula is C27H29FN4O6. The fraction of sp³-hybridized carbons (Fsp3) is 0.222. The van der Waals surface area contributed by atoms with Gasteiger partial charge in [0.05, 0.1) is 18.3 Å². The molecule has 0 saturated heterocycles. The van der Waals surface area contributed by atoms with Gasteiger partial charge in [-0.15, -0.1) is 0 Å². The molecule has 0 radical (unpaired) electrons. The van der Waals surface area contributed by atoms with E-state index in [-0.39, 0.29) is 42.2 Å². The van der Waals surface area contributed by atoms with Crippen LogP contribution in [-0.2, 0) is 17.9 Å². The largest absolute Gasteiger partial charge is 0.487 e. The summed E-state index contributed by atoms with van der Waals surface area (Å²) in [6, 6.07) is 13.2. The fourth-order valence-electron chi connectivity index (χ4n) is 3.57. The highest BCUT2D eigenvalue weighted by Gasteiger charge is 2.18. The zero-order valence-corrected chi connectivity index (χ0v) is 20.9. The molecule has 0 spiro atoms. The number of carbonyl (C=O) groups is 2. The summed E-state index contributed by atoms with van der Waals surface area (Å²) >= 11 is 0. The van der Waals surface area contributed by atoms with E-state index in [1.165, 1.54) is 12.1 Å². The number of hydrogen-bond acceptors (Lipinski definition) is 7. The molecule has 38 heavy (non-hydrogen) atoms. The van der Waals surface area contributed by atoms with Crippen LogP contribution < -0.4 is 25.8 Å². The number of aliphatic hydroxyl groups is 1. The summed E-state index contributed by atoms with van der Waals surface area (Å²) in [4.78, 5) is 24.2. The molecule has 200 valence electrons. The standard InChI is InChI=1S/C27H29FN4O6/c1-15(2)38-23-10-16(13-33)9-18(25(23)37-14-24(34)35)12-31-22-8-5-19(28)11-21(22)27(36)32-20-6-3-17(4-7-20)26(29)30/h3-11,15,31,33H,12-14H2,1-2H3,(H3,29,30)(H,32,36)(H,34,35). The lowest BCUT2D eigenvalue weighted by atomic mass is 10.1. The average Bonchev–Trinajstić information content (AvgIpc) is 2.86. The molecule has 0 aliphatic heterocycles.